The van der Waals surface area contributed by atoms with E-state index in [2.05, 4.69) is 17.6 Å². The summed E-state index contributed by atoms with van der Waals surface area (Å²) in [6.07, 6.45) is 2.57. The van der Waals surface area contributed by atoms with Gasteiger partial charge in [0.1, 0.15) is 0 Å². The quantitative estimate of drug-likeness (QED) is 0.746. The van der Waals surface area contributed by atoms with E-state index >= 15 is 0 Å². The van der Waals surface area contributed by atoms with Crippen LogP contribution in [0.15, 0.2) is 0 Å². The van der Waals surface area contributed by atoms with Gasteiger partial charge in [0.15, 0.2) is 0 Å². The van der Waals surface area contributed by atoms with Crippen molar-refractivity contribution < 1.29 is 14.3 Å². The third kappa shape index (κ3) is 4.18. The Balaban J connectivity index is 1.66. The molecule has 2 saturated heterocycles. The minimum Gasteiger partial charge on any atom is -0.378 e. The third-order valence-electron chi connectivity index (χ3n) is 4.05. The topological polar surface area (TPSA) is 70.7 Å². The zero-order valence-corrected chi connectivity index (χ0v) is 12.2. The van der Waals surface area contributed by atoms with E-state index in [0.717, 1.165) is 19.4 Å². The van der Waals surface area contributed by atoms with Crippen LogP contribution < -0.4 is 10.6 Å². The first-order chi connectivity index (χ1) is 9.68. The Morgan fingerprint density at radius 2 is 2.10 bits per heavy atom. The fourth-order valence-corrected chi connectivity index (χ4v) is 2.77. The number of morpholine rings is 1. The Hall–Kier alpha value is -1.14. The molecule has 2 heterocycles. The van der Waals surface area contributed by atoms with Gasteiger partial charge in [-0.2, -0.15) is 0 Å². The number of nitrogens with zero attached hydrogens (tertiary/aromatic N) is 1. The van der Waals surface area contributed by atoms with Gasteiger partial charge in [0.05, 0.1) is 19.3 Å². The fraction of sp³-hybridized carbons (Fsp3) is 0.857. The number of hydrogen-bond donors (Lipinski definition) is 2. The molecule has 6 nitrogen and oxygen atoms in total. The van der Waals surface area contributed by atoms with Crippen molar-refractivity contribution in [1.29, 1.82) is 0 Å². The summed E-state index contributed by atoms with van der Waals surface area (Å²) in [6, 6.07) is -0.109. The summed E-state index contributed by atoms with van der Waals surface area (Å²) in [6.45, 7) is 5.95. The van der Waals surface area contributed by atoms with Crippen LogP contribution in [0.5, 0.6) is 0 Å². The molecule has 2 fully saturated rings. The van der Waals surface area contributed by atoms with E-state index in [4.69, 9.17) is 4.74 Å². The Kier molecular flexibility index (Phi) is 5.79. The van der Waals surface area contributed by atoms with Crippen molar-refractivity contribution in [3.63, 3.8) is 0 Å². The van der Waals surface area contributed by atoms with Crippen LogP contribution >= 0.6 is 0 Å². The van der Waals surface area contributed by atoms with Crippen molar-refractivity contribution >= 4 is 11.8 Å². The maximum absolute atomic E-state index is 12.0. The first-order valence-electron chi connectivity index (χ1n) is 7.55. The minimum atomic E-state index is -0.109. The van der Waals surface area contributed by atoms with Crippen LogP contribution in [0.25, 0.3) is 0 Å². The molecule has 0 aromatic rings. The monoisotopic (exact) mass is 283 g/mol. The van der Waals surface area contributed by atoms with Gasteiger partial charge >= 0.3 is 0 Å². The van der Waals surface area contributed by atoms with Crippen molar-refractivity contribution in [3.8, 4) is 0 Å². The smallest absolute Gasteiger partial charge is 0.237 e. The van der Waals surface area contributed by atoms with Crippen molar-refractivity contribution in [2.24, 2.45) is 5.92 Å². The molecule has 6 heteroatoms. The normalized spacial score (nSPS) is 27.1. The predicted molar refractivity (Wildman–Crippen MR) is 75.2 cm³/mol. The van der Waals surface area contributed by atoms with Crippen molar-refractivity contribution in [2.45, 2.75) is 32.2 Å². The van der Waals surface area contributed by atoms with Gasteiger partial charge in [-0.1, -0.05) is 6.92 Å². The number of hydrogen-bond acceptors (Lipinski definition) is 4. The van der Waals surface area contributed by atoms with E-state index in [1.165, 1.54) is 0 Å². The number of ether oxygens (including phenoxy) is 1. The first kappa shape index (κ1) is 15.3. The van der Waals surface area contributed by atoms with Crippen LogP contribution in [0.2, 0.25) is 0 Å². The van der Waals surface area contributed by atoms with Crippen LogP contribution in [-0.4, -0.2) is 62.1 Å². The highest BCUT2D eigenvalue weighted by molar-refractivity contribution is 5.83. The molecule has 2 N–H and O–H groups in total. The highest BCUT2D eigenvalue weighted by atomic mass is 16.5. The number of amides is 2. The summed E-state index contributed by atoms with van der Waals surface area (Å²) in [5.41, 5.74) is 0. The Morgan fingerprint density at radius 3 is 2.80 bits per heavy atom. The van der Waals surface area contributed by atoms with Gasteiger partial charge in [-0.05, 0) is 25.3 Å². The van der Waals surface area contributed by atoms with Crippen LogP contribution in [0, 0.1) is 5.92 Å². The SMILES string of the molecule is CC1CCCNC1C(=O)NCCC(=O)N1CCOCC1. The second-order valence-corrected chi connectivity index (χ2v) is 5.59. The summed E-state index contributed by atoms with van der Waals surface area (Å²) in [5, 5.41) is 6.12. The molecular formula is C14H25N3O3. The minimum absolute atomic E-state index is 0.0203. The van der Waals surface area contributed by atoms with E-state index in [1.54, 1.807) is 4.90 Å². The molecule has 2 aliphatic rings. The molecule has 2 aliphatic heterocycles. The molecule has 2 atom stereocenters. The van der Waals surface area contributed by atoms with Gasteiger partial charge in [0, 0.05) is 26.1 Å². The van der Waals surface area contributed by atoms with Gasteiger partial charge in [-0.25, -0.2) is 0 Å². The number of carbonyl (C=O) groups is 2. The Morgan fingerprint density at radius 1 is 1.35 bits per heavy atom. The molecule has 0 aliphatic carbocycles. The number of piperidine rings is 1. The lowest BCUT2D eigenvalue weighted by atomic mass is 9.92. The second-order valence-electron chi connectivity index (χ2n) is 5.59. The zero-order valence-electron chi connectivity index (χ0n) is 12.2. The Labute approximate surface area is 120 Å². The number of nitrogens with one attached hydrogen (secondary N) is 2. The van der Waals surface area contributed by atoms with Crippen molar-refractivity contribution in [1.82, 2.24) is 15.5 Å². The Bertz CT molecular complexity index is 343. The van der Waals surface area contributed by atoms with Crippen molar-refractivity contribution in [2.75, 3.05) is 39.4 Å². The standard InChI is InChI=1S/C14H25N3O3/c1-11-3-2-5-15-13(11)14(19)16-6-4-12(18)17-7-9-20-10-8-17/h11,13,15H,2-10H2,1H3,(H,16,19). The maximum Gasteiger partial charge on any atom is 0.237 e. The zero-order chi connectivity index (χ0) is 14.4. The molecule has 0 aromatic carbocycles. The summed E-state index contributed by atoms with van der Waals surface area (Å²) in [7, 11) is 0. The van der Waals surface area contributed by atoms with Crippen LogP contribution in [-0.2, 0) is 14.3 Å². The van der Waals surface area contributed by atoms with Gasteiger partial charge < -0.3 is 20.3 Å². The average Bonchev–Trinajstić information content (AvgIpc) is 2.48. The van der Waals surface area contributed by atoms with Crippen molar-refractivity contribution in [3.05, 3.63) is 0 Å². The van der Waals surface area contributed by atoms with E-state index in [1.807, 2.05) is 0 Å². The van der Waals surface area contributed by atoms with E-state index in [-0.39, 0.29) is 17.9 Å². The summed E-state index contributed by atoms with van der Waals surface area (Å²) >= 11 is 0. The third-order valence-corrected chi connectivity index (χ3v) is 4.05. The van der Waals surface area contributed by atoms with Crippen LogP contribution in [0.3, 0.4) is 0 Å². The van der Waals surface area contributed by atoms with Gasteiger partial charge in [-0.15, -0.1) is 0 Å². The largest absolute Gasteiger partial charge is 0.378 e. The van der Waals surface area contributed by atoms with Crippen LogP contribution in [0.4, 0.5) is 0 Å². The highest BCUT2D eigenvalue weighted by Gasteiger charge is 2.27. The molecule has 0 saturated carbocycles. The van der Waals surface area contributed by atoms with E-state index < -0.39 is 0 Å². The molecular weight excluding hydrogens is 258 g/mol. The fourth-order valence-electron chi connectivity index (χ4n) is 2.77. The first-order valence-corrected chi connectivity index (χ1v) is 7.55. The molecule has 20 heavy (non-hydrogen) atoms. The second kappa shape index (κ2) is 7.59. The molecule has 0 aromatic heterocycles. The predicted octanol–water partition coefficient (Wildman–Crippen LogP) is -0.260. The number of carbonyl (C=O) groups excluding carboxylic acids is 2. The molecule has 2 unspecified atom stereocenters. The lowest BCUT2D eigenvalue weighted by Gasteiger charge is -2.29. The average molecular weight is 283 g/mol. The molecule has 2 rings (SSSR count). The van der Waals surface area contributed by atoms with Gasteiger partial charge in [0.2, 0.25) is 11.8 Å². The van der Waals surface area contributed by atoms with Gasteiger partial charge in [-0.3, -0.25) is 9.59 Å². The lowest BCUT2D eigenvalue weighted by Crippen LogP contribution is -2.51. The van der Waals surface area contributed by atoms with Gasteiger partial charge in [0.25, 0.3) is 0 Å². The number of rotatable bonds is 4. The maximum atomic E-state index is 12.0. The van der Waals surface area contributed by atoms with E-state index in [0.29, 0.717) is 45.2 Å². The highest BCUT2D eigenvalue weighted by Crippen LogP contribution is 2.15. The summed E-state index contributed by atoms with van der Waals surface area (Å²) in [5.74, 6) is 0.476. The molecule has 0 bridgehead atoms. The lowest BCUT2D eigenvalue weighted by molar-refractivity contribution is -0.135. The van der Waals surface area contributed by atoms with Crippen LogP contribution in [0.1, 0.15) is 26.2 Å². The molecule has 114 valence electrons. The molecule has 0 radical (unpaired) electrons. The molecule has 2 amide bonds. The summed E-state index contributed by atoms with van der Waals surface area (Å²) < 4.78 is 5.21. The summed E-state index contributed by atoms with van der Waals surface area (Å²) in [4.78, 5) is 25.8. The van der Waals surface area contributed by atoms with E-state index in [9.17, 15) is 9.59 Å². The molecule has 0 spiro atoms.